The SMILES string of the molecule is CC(C)(NC(=O)OCC(F)(F)CC1CC1)c1ccnc(Cl)c1. The van der Waals surface area contributed by atoms with Gasteiger partial charge in [-0.05, 0) is 50.3 Å². The van der Waals surface area contributed by atoms with Crippen LogP contribution in [0.4, 0.5) is 13.6 Å². The number of alkyl carbamates (subject to hydrolysis) is 1. The second kappa shape index (κ2) is 6.36. The first-order valence-electron chi connectivity index (χ1n) is 7.13. The average Bonchev–Trinajstić information content (AvgIpc) is 3.19. The molecular weight excluding hydrogens is 314 g/mol. The Morgan fingerprint density at radius 3 is 2.77 bits per heavy atom. The summed E-state index contributed by atoms with van der Waals surface area (Å²) in [5, 5.41) is 2.85. The maximum atomic E-state index is 13.6. The molecule has 0 aliphatic heterocycles. The van der Waals surface area contributed by atoms with E-state index in [1.165, 1.54) is 6.20 Å². The lowest BCUT2D eigenvalue weighted by Crippen LogP contribution is -2.42. The van der Waals surface area contributed by atoms with Crippen molar-refractivity contribution in [3.63, 3.8) is 0 Å². The Morgan fingerprint density at radius 1 is 1.50 bits per heavy atom. The first-order chi connectivity index (χ1) is 10.2. The highest BCUT2D eigenvalue weighted by Crippen LogP contribution is 2.39. The Morgan fingerprint density at radius 2 is 2.18 bits per heavy atom. The van der Waals surface area contributed by atoms with Gasteiger partial charge in [0.15, 0.2) is 6.61 Å². The van der Waals surface area contributed by atoms with Crippen molar-refractivity contribution in [2.45, 2.75) is 44.6 Å². The number of rotatable bonds is 6. The zero-order valence-electron chi connectivity index (χ0n) is 12.5. The van der Waals surface area contributed by atoms with Gasteiger partial charge in [0, 0.05) is 12.6 Å². The van der Waals surface area contributed by atoms with Crippen LogP contribution in [0.5, 0.6) is 0 Å². The molecule has 1 saturated carbocycles. The Hall–Kier alpha value is -1.43. The van der Waals surface area contributed by atoms with Gasteiger partial charge < -0.3 is 10.1 Å². The minimum absolute atomic E-state index is 0.0667. The molecule has 4 nitrogen and oxygen atoms in total. The summed E-state index contributed by atoms with van der Waals surface area (Å²) in [6.45, 7) is 2.55. The molecule has 1 aliphatic rings. The summed E-state index contributed by atoms with van der Waals surface area (Å²) in [5.41, 5.74) is -0.107. The highest BCUT2D eigenvalue weighted by molar-refractivity contribution is 6.29. The highest BCUT2D eigenvalue weighted by atomic mass is 35.5. The number of ether oxygens (including phenoxy) is 1. The number of nitrogens with one attached hydrogen (secondary N) is 1. The molecule has 0 atom stereocenters. The lowest BCUT2D eigenvalue weighted by Gasteiger charge is -2.27. The number of amides is 1. The fourth-order valence-electron chi connectivity index (χ4n) is 2.13. The standard InChI is InChI=1S/C15H19ClF2N2O2/c1-14(2,11-5-6-19-12(16)7-11)20-13(21)22-9-15(17,18)8-10-3-4-10/h5-7,10H,3-4,8-9H2,1-2H3,(H,20,21). The van der Waals surface area contributed by atoms with Crippen LogP contribution in [0.1, 0.15) is 38.7 Å². The Kier molecular flexibility index (Phi) is 4.90. The minimum Gasteiger partial charge on any atom is -0.443 e. The minimum atomic E-state index is -2.97. The lowest BCUT2D eigenvalue weighted by atomic mass is 9.96. The van der Waals surface area contributed by atoms with Crippen LogP contribution in [0.25, 0.3) is 0 Å². The maximum Gasteiger partial charge on any atom is 0.408 e. The van der Waals surface area contributed by atoms with Crippen LogP contribution in [0.3, 0.4) is 0 Å². The molecular formula is C15H19ClF2N2O2. The number of pyridine rings is 1. The summed E-state index contributed by atoms with van der Waals surface area (Å²) in [5.74, 6) is -2.90. The third-order valence-electron chi connectivity index (χ3n) is 3.56. The maximum absolute atomic E-state index is 13.6. The fourth-order valence-corrected chi connectivity index (χ4v) is 2.30. The predicted molar refractivity (Wildman–Crippen MR) is 79.0 cm³/mol. The predicted octanol–water partition coefficient (Wildman–Crippen LogP) is 4.13. The number of nitrogens with zero attached hydrogens (tertiary/aromatic N) is 1. The van der Waals surface area contributed by atoms with Crippen LogP contribution < -0.4 is 5.32 Å². The van der Waals surface area contributed by atoms with E-state index in [2.05, 4.69) is 15.0 Å². The monoisotopic (exact) mass is 332 g/mol. The number of hydrogen-bond acceptors (Lipinski definition) is 3. The Labute approximate surface area is 133 Å². The lowest BCUT2D eigenvalue weighted by molar-refractivity contribution is -0.0653. The molecule has 1 heterocycles. The number of halogens is 3. The van der Waals surface area contributed by atoms with E-state index >= 15 is 0 Å². The van der Waals surface area contributed by atoms with Crippen molar-refractivity contribution in [2.24, 2.45) is 5.92 Å². The van der Waals surface area contributed by atoms with Gasteiger partial charge in [0.05, 0.1) is 5.54 Å². The van der Waals surface area contributed by atoms with Gasteiger partial charge in [0.2, 0.25) is 0 Å². The largest absolute Gasteiger partial charge is 0.443 e. The van der Waals surface area contributed by atoms with Gasteiger partial charge in [0.1, 0.15) is 5.15 Å². The number of carbonyl (C=O) groups excluding carboxylic acids is 1. The van der Waals surface area contributed by atoms with Gasteiger partial charge in [0.25, 0.3) is 5.92 Å². The van der Waals surface area contributed by atoms with E-state index in [1.54, 1.807) is 26.0 Å². The van der Waals surface area contributed by atoms with Gasteiger partial charge in [-0.2, -0.15) is 0 Å². The molecule has 7 heteroatoms. The van der Waals surface area contributed by atoms with Crippen LogP contribution >= 0.6 is 11.6 Å². The van der Waals surface area contributed by atoms with E-state index in [9.17, 15) is 13.6 Å². The molecule has 1 fully saturated rings. The van der Waals surface area contributed by atoms with E-state index in [1.807, 2.05) is 0 Å². The zero-order chi connectivity index (χ0) is 16.4. The van der Waals surface area contributed by atoms with Crippen molar-refractivity contribution in [2.75, 3.05) is 6.61 Å². The summed E-state index contributed by atoms with van der Waals surface area (Å²) in [4.78, 5) is 15.6. The molecule has 0 unspecified atom stereocenters. The molecule has 0 radical (unpaired) electrons. The molecule has 1 N–H and O–H groups in total. The quantitative estimate of drug-likeness (QED) is 0.797. The second-order valence-corrected chi connectivity index (χ2v) is 6.58. The van der Waals surface area contributed by atoms with E-state index in [-0.39, 0.29) is 17.5 Å². The topological polar surface area (TPSA) is 51.2 Å². The molecule has 0 aromatic carbocycles. The number of hydrogen-bond donors (Lipinski definition) is 1. The number of carbonyl (C=O) groups is 1. The summed E-state index contributed by atoms with van der Waals surface area (Å²) < 4.78 is 31.8. The molecule has 1 amide bonds. The summed E-state index contributed by atoms with van der Waals surface area (Å²) in [6.07, 6.45) is 2.07. The molecule has 1 aromatic rings. The Bertz CT molecular complexity index is 548. The van der Waals surface area contributed by atoms with Crippen LogP contribution in [-0.2, 0) is 10.3 Å². The average molecular weight is 333 g/mol. The smallest absolute Gasteiger partial charge is 0.408 e. The van der Waals surface area contributed by atoms with E-state index in [4.69, 9.17) is 11.6 Å². The molecule has 122 valence electrons. The van der Waals surface area contributed by atoms with Gasteiger partial charge >= 0.3 is 6.09 Å². The van der Waals surface area contributed by atoms with Gasteiger partial charge in [-0.15, -0.1) is 0 Å². The van der Waals surface area contributed by atoms with Crippen molar-refractivity contribution in [1.29, 1.82) is 0 Å². The van der Waals surface area contributed by atoms with Crippen LogP contribution in [0.2, 0.25) is 5.15 Å². The normalized spacial score (nSPS) is 15.5. The van der Waals surface area contributed by atoms with Crippen molar-refractivity contribution >= 4 is 17.7 Å². The molecule has 1 aliphatic carbocycles. The van der Waals surface area contributed by atoms with Crippen molar-refractivity contribution in [1.82, 2.24) is 10.3 Å². The molecule has 2 rings (SSSR count). The van der Waals surface area contributed by atoms with Crippen LogP contribution in [0, 0.1) is 5.92 Å². The first kappa shape index (κ1) is 16.9. The third kappa shape index (κ3) is 5.09. The van der Waals surface area contributed by atoms with Crippen molar-refractivity contribution in [3.05, 3.63) is 29.0 Å². The summed E-state index contributed by atoms with van der Waals surface area (Å²) in [6, 6.07) is 3.29. The molecule has 1 aromatic heterocycles. The highest BCUT2D eigenvalue weighted by Gasteiger charge is 2.38. The van der Waals surface area contributed by atoms with Crippen molar-refractivity contribution in [3.8, 4) is 0 Å². The zero-order valence-corrected chi connectivity index (χ0v) is 13.3. The van der Waals surface area contributed by atoms with E-state index in [0.29, 0.717) is 5.56 Å². The van der Waals surface area contributed by atoms with Crippen LogP contribution in [0.15, 0.2) is 18.3 Å². The Balaban J connectivity index is 1.87. The molecule has 0 spiro atoms. The van der Waals surface area contributed by atoms with Gasteiger partial charge in [-0.1, -0.05) is 11.6 Å². The number of alkyl halides is 2. The molecule has 0 bridgehead atoms. The van der Waals surface area contributed by atoms with E-state index in [0.717, 1.165) is 12.8 Å². The first-order valence-corrected chi connectivity index (χ1v) is 7.50. The third-order valence-corrected chi connectivity index (χ3v) is 3.77. The molecule has 0 saturated heterocycles. The number of aromatic nitrogens is 1. The second-order valence-electron chi connectivity index (χ2n) is 6.20. The van der Waals surface area contributed by atoms with Gasteiger partial charge in [-0.25, -0.2) is 18.6 Å². The van der Waals surface area contributed by atoms with E-state index < -0.39 is 24.2 Å². The summed E-state index contributed by atoms with van der Waals surface area (Å²) in [7, 11) is 0. The fraction of sp³-hybridized carbons (Fsp3) is 0.600. The summed E-state index contributed by atoms with van der Waals surface area (Å²) >= 11 is 5.81. The van der Waals surface area contributed by atoms with Crippen molar-refractivity contribution < 1.29 is 18.3 Å². The van der Waals surface area contributed by atoms with Gasteiger partial charge in [-0.3, -0.25) is 0 Å². The van der Waals surface area contributed by atoms with Crippen LogP contribution in [-0.4, -0.2) is 23.6 Å². The molecule has 22 heavy (non-hydrogen) atoms.